The quantitative estimate of drug-likeness (QED) is 0.366. The van der Waals surface area contributed by atoms with Crippen LogP contribution in [0.5, 0.6) is 0 Å². The predicted octanol–water partition coefficient (Wildman–Crippen LogP) is 0.745. The van der Waals surface area contributed by atoms with Gasteiger partial charge >= 0.3 is 149 Å². The van der Waals surface area contributed by atoms with Crippen LogP contribution < -0.4 is 19.0 Å². The standard InChI is InChI=1S/C17H17F3IO3S/c18-17(19,25(22,23)24)21(20,15-8-2-1-3-9-15)16-11-10-13-6-4-5-7-14(13)12-16/h1-3,8-12H,4-7H2,(H,22,23,24)/q-1/p-1. The Morgan fingerprint density at radius 3 is 2.12 bits per heavy atom. The average Bonchev–Trinajstić information content (AvgIpc) is 2.60. The molecule has 0 saturated heterocycles. The zero-order valence-electron chi connectivity index (χ0n) is 13.1. The molecule has 0 aliphatic heterocycles. The molecule has 1 unspecified atom stereocenters. The molecule has 0 aromatic heterocycles. The van der Waals surface area contributed by atoms with Gasteiger partial charge in [0, 0.05) is 0 Å². The number of hydrogen-bond donors (Lipinski definition) is 0. The Balaban J connectivity index is 2.26. The Bertz CT molecular complexity index is 887. The fourth-order valence-electron chi connectivity index (χ4n) is 2.96. The fourth-order valence-corrected chi connectivity index (χ4v) is 11.7. The van der Waals surface area contributed by atoms with Crippen molar-refractivity contribution >= 4 is 10.1 Å². The molecule has 1 aliphatic rings. The summed E-state index contributed by atoms with van der Waals surface area (Å²) in [7, 11) is -6.16. The third-order valence-electron chi connectivity index (χ3n) is 4.23. The van der Waals surface area contributed by atoms with E-state index in [-0.39, 0.29) is 3.57 Å². The van der Waals surface area contributed by atoms with Crippen molar-refractivity contribution in [2.45, 2.75) is 28.9 Å². The molecule has 2 aromatic carbocycles. The SMILES string of the molecule is O=S(=O)([O-])C(F)(F)[I-](F)(c1ccccc1)c1ccc2c(c1)CCCC2. The first-order valence-electron chi connectivity index (χ1n) is 7.65. The van der Waals surface area contributed by atoms with Crippen LogP contribution in [-0.2, 0) is 23.0 Å². The third kappa shape index (κ3) is 3.08. The Morgan fingerprint density at radius 1 is 0.920 bits per heavy atom. The fraction of sp³-hybridized carbons (Fsp3) is 0.294. The Hall–Kier alpha value is -1.13. The number of fused-ring (bicyclic) bond motifs is 1. The van der Waals surface area contributed by atoms with E-state index in [0.717, 1.165) is 42.5 Å². The van der Waals surface area contributed by atoms with Crippen molar-refractivity contribution in [2.24, 2.45) is 0 Å². The van der Waals surface area contributed by atoms with Crippen LogP contribution in [0, 0.1) is 7.14 Å². The molecule has 0 saturated carbocycles. The van der Waals surface area contributed by atoms with Gasteiger partial charge in [-0.15, -0.1) is 0 Å². The summed E-state index contributed by atoms with van der Waals surface area (Å²) in [5, 5.41) is 0. The van der Waals surface area contributed by atoms with Crippen LogP contribution in [0.2, 0.25) is 0 Å². The van der Waals surface area contributed by atoms with E-state index in [0.29, 0.717) is 6.42 Å². The molecule has 0 fully saturated rings. The first-order valence-corrected chi connectivity index (χ1v) is 13.1. The van der Waals surface area contributed by atoms with Gasteiger partial charge < -0.3 is 0 Å². The van der Waals surface area contributed by atoms with Crippen LogP contribution in [0.25, 0.3) is 0 Å². The van der Waals surface area contributed by atoms with Crippen LogP contribution in [0.15, 0.2) is 48.5 Å². The van der Waals surface area contributed by atoms with Gasteiger partial charge in [0.2, 0.25) is 0 Å². The number of benzene rings is 2. The third-order valence-corrected chi connectivity index (χ3v) is 14.4. The van der Waals surface area contributed by atoms with E-state index < -0.39 is 36.0 Å². The van der Waals surface area contributed by atoms with Gasteiger partial charge in [0.1, 0.15) is 0 Å². The number of halogens is 4. The van der Waals surface area contributed by atoms with Crippen molar-refractivity contribution < 1.29 is 43.6 Å². The first kappa shape index (κ1) is 18.7. The summed E-state index contributed by atoms with van der Waals surface area (Å²) < 4.78 is 73.1. The minimum absolute atomic E-state index is 0.344. The van der Waals surface area contributed by atoms with E-state index in [1.165, 1.54) is 30.3 Å². The molecule has 3 rings (SSSR count). The van der Waals surface area contributed by atoms with E-state index in [1.54, 1.807) is 6.07 Å². The summed E-state index contributed by atoms with van der Waals surface area (Å²) in [4.78, 5) is 0. The van der Waals surface area contributed by atoms with Crippen LogP contribution in [-0.4, -0.2) is 16.2 Å². The first-order chi connectivity index (χ1) is 11.7. The van der Waals surface area contributed by atoms with Gasteiger partial charge in [-0.1, -0.05) is 0 Å². The van der Waals surface area contributed by atoms with Crippen LogP contribution in [0.4, 0.5) is 11.6 Å². The summed E-state index contributed by atoms with van der Waals surface area (Å²) in [6.07, 6.45) is 3.24. The molecule has 0 heterocycles. The second-order valence-electron chi connectivity index (χ2n) is 5.81. The molecule has 25 heavy (non-hydrogen) atoms. The van der Waals surface area contributed by atoms with Crippen molar-refractivity contribution in [1.82, 2.24) is 0 Å². The molecule has 8 heteroatoms. The molecule has 0 radical (unpaired) electrons. The second kappa shape index (κ2) is 6.55. The van der Waals surface area contributed by atoms with Crippen molar-refractivity contribution in [3.63, 3.8) is 0 Å². The monoisotopic (exact) mass is 484 g/mol. The molecule has 0 amide bonds. The molecule has 0 spiro atoms. The van der Waals surface area contributed by atoms with Crippen LogP contribution in [0.3, 0.4) is 0 Å². The maximum atomic E-state index is 16.0. The average molecular weight is 484 g/mol. The summed E-state index contributed by atoms with van der Waals surface area (Å²) in [6, 6.07) is 10.7. The van der Waals surface area contributed by atoms with Crippen LogP contribution >= 0.6 is 0 Å². The molecule has 1 atom stereocenters. The zero-order valence-corrected chi connectivity index (χ0v) is 16.1. The van der Waals surface area contributed by atoms with Gasteiger partial charge in [-0.05, 0) is 0 Å². The van der Waals surface area contributed by atoms with Gasteiger partial charge in [-0.25, -0.2) is 0 Å². The van der Waals surface area contributed by atoms with Crippen molar-refractivity contribution in [2.75, 3.05) is 0 Å². The normalized spacial score (nSPS) is 18.9. The Kier molecular flexibility index (Phi) is 4.89. The van der Waals surface area contributed by atoms with Crippen molar-refractivity contribution in [3.8, 4) is 0 Å². The van der Waals surface area contributed by atoms with E-state index in [2.05, 4.69) is 0 Å². The molecule has 3 nitrogen and oxygen atoms in total. The van der Waals surface area contributed by atoms with E-state index in [9.17, 15) is 21.8 Å². The number of hydrogen-bond acceptors (Lipinski definition) is 3. The summed E-state index contributed by atoms with van der Waals surface area (Å²) >= 11 is -6.22. The van der Waals surface area contributed by atoms with E-state index in [4.69, 9.17) is 0 Å². The Labute approximate surface area is 149 Å². The number of rotatable bonds is 4. The molecular formula is C17H16F3IO3S-2. The minimum atomic E-state index is -6.22. The molecular weight excluding hydrogens is 468 g/mol. The zero-order chi connectivity index (χ0) is 18.3. The number of aryl methyl sites for hydroxylation is 2. The molecule has 138 valence electrons. The van der Waals surface area contributed by atoms with E-state index >= 15 is 2.86 Å². The van der Waals surface area contributed by atoms with Crippen molar-refractivity contribution in [1.29, 1.82) is 0 Å². The predicted molar refractivity (Wildman–Crippen MR) is 82.7 cm³/mol. The Morgan fingerprint density at radius 2 is 1.52 bits per heavy atom. The van der Waals surface area contributed by atoms with Gasteiger partial charge in [-0.3, -0.25) is 0 Å². The maximum absolute atomic E-state index is 16.0. The second-order valence-corrected chi connectivity index (χ2v) is 14.7. The van der Waals surface area contributed by atoms with Crippen molar-refractivity contribution in [3.05, 3.63) is 66.8 Å². The number of alkyl halides is 3. The molecule has 1 aliphatic carbocycles. The molecule has 2 aromatic rings. The van der Waals surface area contributed by atoms with Crippen LogP contribution in [0.1, 0.15) is 24.0 Å². The van der Waals surface area contributed by atoms with Gasteiger partial charge in [-0.2, -0.15) is 0 Å². The molecule has 0 N–H and O–H groups in total. The molecule has 0 bridgehead atoms. The summed E-state index contributed by atoms with van der Waals surface area (Å²) in [5.74, 6) is 0. The van der Waals surface area contributed by atoms with E-state index in [1.807, 2.05) is 0 Å². The summed E-state index contributed by atoms with van der Waals surface area (Å²) in [6.45, 7) is 0. The van der Waals surface area contributed by atoms with Gasteiger partial charge in [0.25, 0.3) is 0 Å². The topological polar surface area (TPSA) is 57.2 Å². The summed E-state index contributed by atoms with van der Waals surface area (Å²) in [5.41, 5.74) is 1.71. The van der Waals surface area contributed by atoms with Gasteiger partial charge in [0.15, 0.2) is 0 Å². The van der Waals surface area contributed by atoms with Gasteiger partial charge in [0.05, 0.1) is 0 Å².